The van der Waals surface area contributed by atoms with Crippen LogP contribution in [0.3, 0.4) is 0 Å². The Morgan fingerprint density at radius 3 is 2.25 bits per heavy atom. The molecule has 0 bridgehead atoms. The highest BCUT2D eigenvalue weighted by Gasteiger charge is 2.23. The van der Waals surface area contributed by atoms with Gasteiger partial charge in [0.1, 0.15) is 0 Å². The Labute approximate surface area is 116 Å². The van der Waals surface area contributed by atoms with Gasteiger partial charge in [-0.1, -0.05) is 30.3 Å². The highest BCUT2D eigenvalue weighted by molar-refractivity contribution is 5.89. The fourth-order valence-corrected chi connectivity index (χ4v) is 2.29. The molecule has 1 N–H and O–H groups in total. The molecule has 3 rings (SSSR count). The van der Waals surface area contributed by atoms with Gasteiger partial charge in [0.25, 0.3) is 0 Å². The summed E-state index contributed by atoms with van der Waals surface area (Å²) < 4.78 is 11.3. The highest BCUT2D eigenvalue weighted by Crippen LogP contribution is 2.35. The van der Waals surface area contributed by atoms with E-state index < -0.39 is 5.97 Å². The minimum Gasteiger partial charge on any atom is -0.478 e. The van der Waals surface area contributed by atoms with Crippen LogP contribution in [0.5, 0.6) is 11.5 Å². The molecule has 2 aromatic carbocycles. The molecule has 0 spiro atoms. The van der Waals surface area contributed by atoms with Gasteiger partial charge in [0, 0.05) is 6.42 Å². The summed E-state index contributed by atoms with van der Waals surface area (Å²) in [7, 11) is 0. The number of ether oxygens (including phenoxy) is 2. The molecule has 0 saturated heterocycles. The van der Waals surface area contributed by atoms with Gasteiger partial charge in [-0.15, -0.1) is 0 Å². The van der Waals surface area contributed by atoms with Gasteiger partial charge < -0.3 is 14.6 Å². The van der Waals surface area contributed by atoms with E-state index in [1.807, 2.05) is 36.4 Å². The summed E-state index contributed by atoms with van der Waals surface area (Å²) in [5, 5.41) is 9.14. The van der Waals surface area contributed by atoms with Crippen LogP contribution >= 0.6 is 0 Å². The first-order valence-corrected chi connectivity index (χ1v) is 6.47. The van der Waals surface area contributed by atoms with Gasteiger partial charge in [-0.3, -0.25) is 0 Å². The number of aryl methyl sites for hydroxylation is 1. The Hall–Kier alpha value is -2.49. The van der Waals surface area contributed by atoms with Crippen LogP contribution in [0.15, 0.2) is 48.5 Å². The Morgan fingerprint density at radius 2 is 1.60 bits per heavy atom. The average molecular weight is 270 g/mol. The first-order valence-electron chi connectivity index (χ1n) is 6.47. The van der Waals surface area contributed by atoms with Crippen LogP contribution in [0, 0.1) is 0 Å². The molecule has 102 valence electrons. The van der Waals surface area contributed by atoms with Crippen LogP contribution < -0.4 is 9.47 Å². The number of carboxylic acid groups (broad SMARTS) is 1. The lowest BCUT2D eigenvalue weighted by molar-refractivity contribution is 0.0420. The number of carbonyl (C=O) groups is 1. The Bertz CT molecular complexity index is 611. The van der Waals surface area contributed by atoms with Crippen molar-refractivity contribution in [1.29, 1.82) is 0 Å². The van der Waals surface area contributed by atoms with E-state index in [1.54, 1.807) is 12.1 Å². The summed E-state index contributed by atoms with van der Waals surface area (Å²) in [5.74, 6) is 0.574. The molecule has 0 amide bonds. The topological polar surface area (TPSA) is 55.8 Å². The van der Waals surface area contributed by atoms with E-state index in [0.717, 1.165) is 17.1 Å². The Balaban J connectivity index is 1.66. The van der Waals surface area contributed by atoms with Crippen molar-refractivity contribution in [2.75, 3.05) is 0 Å². The number of hydrogen-bond acceptors (Lipinski definition) is 3. The molecule has 0 aliphatic carbocycles. The van der Waals surface area contributed by atoms with Crippen LogP contribution in [-0.4, -0.2) is 17.4 Å². The van der Waals surface area contributed by atoms with Crippen LogP contribution in [0.25, 0.3) is 0 Å². The van der Waals surface area contributed by atoms with E-state index in [-0.39, 0.29) is 6.29 Å². The van der Waals surface area contributed by atoms with Crippen molar-refractivity contribution in [2.24, 2.45) is 0 Å². The van der Waals surface area contributed by atoms with Crippen molar-refractivity contribution in [3.8, 4) is 11.5 Å². The molecule has 1 aliphatic heterocycles. The van der Waals surface area contributed by atoms with E-state index in [9.17, 15) is 4.79 Å². The maximum atomic E-state index is 11.1. The lowest BCUT2D eigenvalue weighted by Gasteiger charge is -2.11. The van der Waals surface area contributed by atoms with Crippen molar-refractivity contribution in [3.05, 3.63) is 59.7 Å². The molecule has 0 fully saturated rings. The van der Waals surface area contributed by atoms with Crippen molar-refractivity contribution in [1.82, 2.24) is 0 Å². The second-order valence-corrected chi connectivity index (χ2v) is 4.61. The zero-order valence-corrected chi connectivity index (χ0v) is 10.8. The highest BCUT2D eigenvalue weighted by atomic mass is 16.7. The SMILES string of the molecule is O=C(O)c1ccccc1CCC1Oc2ccccc2O1. The van der Waals surface area contributed by atoms with Gasteiger partial charge >= 0.3 is 5.97 Å². The predicted molar refractivity (Wildman–Crippen MR) is 73.2 cm³/mol. The quantitative estimate of drug-likeness (QED) is 0.927. The molecular formula is C16H14O4. The maximum Gasteiger partial charge on any atom is 0.335 e. The summed E-state index contributed by atoms with van der Waals surface area (Å²) in [6.45, 7) is 0. The van der Waals surface area contributed by atoms with E-state index in [0.29, 0.717) is 18.4 Å². The maximum absolute atomic E-state index is 11.1. The second kappa shape index (κ2) is 5.25. The Kier molecular flexibility index (Phi) is 3.29. The zero-order chi connectivity index (χ0) is 13.9. The number of benzene rings is 2. The first kappa shape index (κ1) is 12.5. The smallest absolute Gasteiger partial charge is 0.335 e. The van der Waals surface area contributed by atoms with E-state index >= 15 is 0 Å². The van der Waals surface area contributed by atoms with Crippen molar-refractivity contribution >= 4 is 5.97 Å². The molecule has 4 nitrogen and oxygen atoms in total. The normalized spacial score (nSPS) is 13.4. The third-order valence-electron chi connectivity index (χ3n) is 3.26. The van der Waals surface area contributed by atoms with E-state index in [1.165, 1.54) is 0 Å². The third-order valence-corrected chi connectivity index (χ3v) is 3.26. The summed E-state index contributed by atoms with van der Waals surface area (Å²) in [6.07, 6.45) is 0.856. The van der Waals surface area contributed by atoms with Gasteiger partial charge in [0.2, 0.25) is 6.29 Å². The van der Waals surface area contributed by atoms with Crippen LogP contribution in [0.2, 0.25) is 0 Å². The van der Waals surface area contributed by atoms with Crippen LogP contribution in [0.4, 0.5) is 0 Å². The minimum absolute atomic E-state index is 0.336. The summed E-state index contributed by atoms with van der Waals surface area (Å²) in [6, 6.07) is 14.5. The molecule has 0 aromatic heterocycles. The lowest BCUT2D eigenvalue weighted by atomic mass is 10.0. The number of para-hydroxylation sites is 2. The van der Waals surface area contributed by atoms with Crippen LogP contribution in [0.1, 0.15) is 22.3 Å². The summed E-state index contributed by atoms with van der Waals surface area (Å²) in [4.78, 5) is 11.1. The van der Waals surface area contributed by atoms with Gasteiger partial charge in [-0.05, 0) is 30.2 Å². The van der Waals surface area contributed by atoms with E-state index in [2.05, 4.69) is 0 Å². The first-order chi connectivity index (χ1) is 9.74. The average Bonchev–Trinajstić information content (AvgIpc) is 2.88. The van der Waals surface area contributed by atoms with Gasteiger partial charge in [-0.2, -0.15) is 0 Å². The fraction of sp³-hybridized carbons (Fsp3) is 0.188. The standard InChI is InChI=1S/C16H14O4/c17-16(18)12-6-2-1-5-11(12)9-10-15-19-13-7-3-4-8-14(13)20-15/h1-8,15H,9-10H2,(H,17,18). The minimum atomic E-state index is -0.905. The molecule has 0 atom stereocenters. The third kappa shape index (κ3) is 2.45. The van der Waals surface area contributed by atoms with Crippen molar-refractivity contribution in [2.45, 2.75) is 19.1 Å². The molecule has 0 saturated carbocycles. The predicted octanol–water partition coefficient (Wildman–Crippen LogP) is 3.11. The van der Waals surface area contributed by atoms with Crippen LogP contribution in [-0.2, 0) is 6.42 Å². The zero-order valence-electron chi connectivity index (χ0n) is 10.8. The lowest BCUT2D eigenvalue weighted by Crippen LogP contribution is -2.19. The number of fused-ring (bicyclic) bond motifs is 1. The van der Waals surface area contributed by atoms with E-state index in [4.69, 9.17) is 14.6 Å². The number of carboxylic acids is 1. The molecule has 20 heavy (non-hydrogen) atoms. The number of hydrogen-bond donors (Lipinski definition) is 1. The number of aromatic carboxylic acids is 1. The Morgan fingerprint density at radius 1 is 1.00 bits per heavy atom. The molecule has 2 aromatic rings. The van der Waals surface area contributed by atoms with Crippen molar-refractivity contribution < 1.29 is 19.4 Å². The second-order valence-electron chi connectivity index (χ2n) is 4.61. The molecule has 0 radical (unpaired) electrons. The largest absolute Gasteiger partial charge is 0.478 e. The molecule has 1 heterocycles. The van der Waals surface area contributed by atoms with Gasteiger partial charge in [-0.25, -0.2) is 4.79 Å². The van der Waals surface area contributed by atoms with Gasteiger partial charge in [0.15, 0.2) is 11.5 Å². The van der Waals surface area contributed by atoms with Crippen molar-refractivity contribution in [3.63, 3.8) is 0 Å². The molecule has 1 aliphatic rings. The molecule has 0 unspecified atom stereocenters. The van der Waals surface area contributed by atoms with Gasteiger partial charge in [0.05, 0.1) is 5.56 Å². The molecular weight excluding hydrogens is 256 g/mol. The summed E-state index contributed by atoms with van der Waals surface area (Å²) in [5.41, 5.74) is 1.13. The summed E-state index contributed by atoms with van der Waals surface area (Å²) >= 11 is 0. The number of rotatable bonds is 4. The molecule has 4 heteroatoms. The fourth-order valence-electron chi connectivity index (χ4n) is 2.29. The monoisotopic (exact) mass is 270 g/mol.